The van der Waals surface area contributed by atoms with E-state index in [0.29, 0.717) is 5.92 Å². The van der Waals surface area contributed by atoms with Gasteiger partial charge in [0.15, 0.2) is 0 Å². The first-order valence-corrected chi connectivity index (χ1v) is 8.86. The first kappa shape index (κ1) is 15.8. The lowest BCUT2D eigenvalue weighted by Crippen LogP contribution is -2.35. The molecule has 1 unspecified atom stereocenters. The summed E-state index contributed by atoms with van der Waals surface area (Å²) in [7, 11) is 0. The molecule has 5 nitrogen and oxygen atoms in total. The number of hydrogen-bond acceptors (Lipinski definition) is 4. The molecule has 1 saturated heterocycles. The zero-order valence-electron chi connectivity index (χ0n) is 14.7. The van der Waals surface area contributed by atoms with E-state index in [1.54, 1.807) is 0 Å². The number of nitrogens with zero attached hydrogens (tertiary/aromatic N) is 4. The van der Waals surface area contributed by atoms with Gasteiger partial charge in [-0.15, -0.1) is 0 Å². The summed E-state index contributed by atoms with van der Waals surface area (Å²) in [6.45, 7) is 5.96. The summed E-state index contributed by atoms with van der Waals surface area (Å²) in [5, 5.41) is 0. The fourth-order valence-corrected chi connectivity index (χ4v) is 3.58. The second-order valence-corrected chi connectivity index (χ2v) is 6.75. The highest BCUT2D eigenvalue weighted by Crippen LogP contribution is 2.29. The van der Waals surface area contributed by atoms with Crippen molar-refractivity contribution >= 4 is 5.82 Å². The lowest BCUT2D eigenvalue weighted by Gasteiger charge is -2.33. The first-order chi connectivity index (χ1) is 12.2. The fraction of sp³-hybridized carbons (Fsp3) is 0.350. The Hall–Kier alpha value is -2.69. The number of nitrogens with one attached hydrogen (secondary N) is 1. The van der Waals surface area contributed by atoms with Gasteiger partial charge in [-0.3, -0.25) is 0 Å². The summed E-state index contributed by atoms with van der Waals surface area (Å²) in [6, 6.07) is 12.4. The molecule has 4 rings (SSSR count). The smallest absolute Gasteiger partial charge is 0.132 e. The van der Waals surface area contributed by atoms with E-state index < -0.39 is 0 Å². The average Bonchev–Trinajstić information content (AvgIpc) is 3.12. The highest BCUT2D eigenvalue weighted by atomic mass is 15.2. The summed E-state index contributed by atoms with van der Waals surface area (Å²) >= 11 is 0. The Kier molecular flexibility index (Phi) is 4.22. The number of aromatic nitrogens is 4. The van der Waals surface area contributed by atoms with Crippen LogP contribution in [0.5, 0.6) is 0 Å². The van der Waals surface area contributed by atoms with Gasteiger partial charge in [0.1, 0.15) is 17.5 Å². The monoisotopic (exact) mass is 333 g/mol. The third kappa shape index (κ3) is 3.40. The maximum atomic E-state index is 4.66. The molecule has 1 atom stereocenters. The topological polar surface area (TPSA) is 57.7 Å². The zero-order valence-corrected chi connectivity index (χ0v) is 14.7. The number of anilines is 1. The van der Waals surface area contributed by atoms with Crippen LogP contribution >= 0.6 is 0 Å². The Morgan fingerprint density at radius 1 is 1.12 bits per heavy atom. The van der Waals surface area contributed by atoms with Crippen molar-refractivity contribution < 1.29 is 0 Å². The molecule has 2 aromatic heterocycles. The van der Waals surface area contributed by atoms with E-state index in [9.17, 15) is 0 Å². The molecule has 3 heterocycles. The third-order valence-corrected chi connectivity index (χ3v) is 4.76. The van der Waals surface area contributed by atoms with E-state index >= 15 is 0 Å². The van der Waals surface area contributed by atoms with Gasteiger partial charge in [-0.05, 0) is 32.3 Å². The van der Waals surface area contributed by atoms with Gasteiger partial charge in [0.05, 0.1) is 11.9 Å². The summed E-state index contributed by atoms with van der Waals surface area (Å²) in [6.07, 6.45) is 4.25. The first-order valence-electron chi connectivity index (χ1n) is 8.86. The number of rotatable bonds is 3. The molecule has 128 valence electrons. The predicted octanol–water partition coefficient (Wildman–Crippen LogP) is 3.87. The highest BCUT2D eigenvalue weighted by Gasteiger charge is 2.25. The Bertz CT molecular complexity index is 835. The van der Waals surface area contributed by atoms with Crippen LogP contribution in [0.1, 0.15) is 36.1 Å². The molecule has 5 heteroatoms. The molecule has 0 amide bonds. The summed E-state index contributed by atoms with van der Waals surface area (Å²) in [4.78, 5) is 19.6. The van der Waals surface area contributed by atoms with E-state index in [4.69, 9.17) is 0 Å². The number of aromatic amines is 1. The molecular formula is C20H23N5. The van der Waals surface area contributed by atoms with Gasteiger partial charge in [0.2, 0.25) is 0 Å². The molecular weight excluding hydrogens is 310 g/mol. The Morgan fingerprint density at radius 3 is 2.76 bits per heavy atom. The van der Waals surface area contributed by atoms with Crippen LogP contribution in [0.15, 0.2) is 42.6 Å². The van der Waals surface area contributed by atoms with Gasteiger partial charge in [-0.25, -0.2) is 15.0 Å². The molecule has 0 radical (unpaired) electrons. The third-order valence-electron chi connectivity index (χ3n) is 4.76. The van der Waals surface area contributed by atoms with Crippen molar-refractivity contribution in [3.63, 3.8) is 0 Å². The van der Waals surface area contributed by atoms with Gasteiger partial charge in [0.25, 0.3) is 0 Å². The molecule has 1 aliphatic rings. The second kappa shape index (κ2) is 6.67. The van der Waals surface area contributed by atoms with Gasteiger partial charge < -0.3 is 9.88 Å². The van der Waals surface area contributed by atoms with Crippen LogP contribution in [0.3, 0.4) is 0 Å². The maximum Gasteiger partial charge on any atom is 0.132 e. The summed E-state index contributed by atoms with van der Waals surface area (Å²) in [5.41, 5.74) is 3.28. The van der Waals surface area contributed by atoms with Gasteiger partial charge >= 0.3 is 0 Å². The molecule has 1 fully saturated rings. The van der Waals surface area contributed by atoms with Crippen LogP contribution in [0.2, 0.25) is 0 Å². The van der Waals surface area contributed by atoms with Crippen LogP contribution in [0.4, 0.5) is 5.82 Å². The van der Waals surface area contributed by atoms with Crippen molar-refractivity contribution in [2.75, 3.05) is 18.0 Å². The van der Waals surface area contributed by atoms with Crippen molar-refractivity contribution in [3.8, 4) is 11.3 Å². The van der Waals surface area contributed by atoms with Crippen molar-refractivity contribution in [2.45, 2.75) is 32.6 Å². The van der Waals surface area contributed by atoms with Crippen LogP contribution < -0.4 is 4.90 Å². The SMILES string of the molecule is Cc1cc(N2CCCC(c3ncc(-c4ccccc4)[nH]3)C2)nc(C)n1. The maximum absolute atomic E-state index is 4.66. The van der Waals surface area contributed by atoms with E-state index in [-0.39, 0.29) is 0 Å². The van der Waals surface area contributed by atoms with E-state index in [0.717, 1.165) is 54.8 Å². The standard InChI is InChI=1S/C20H23N5/c1-14-11-19(23-15(2)22-14)25-10-6-9-17(13-25)20-21-12-18(24-20)16-7-4-3-5-8-16/h3-5,7-8,11-12,17H,6,9-10,13H2,1-2H3,(H,21,24). The lowest BCUT2D eigenvalue weighted by molar-refractivity contribution is 0.491. The van der Waals surface area contributed by atoms with Crippen LogP contribution in [-0.2, 0) is 0 Å². The fourth-order valence-electron chi connectivity index (χ4n) is 3.58. The number of hydrogen-bond donors (Lipinski definition) is 1. The van der Waals surface area contributed by atoms with Crippen LogP contribution in [-0.4, -0.2) is 33.0 Å². The minimum atomic E-state index is 0.404. The summed E-state index contributed by atoms with van der Waals surface area (Å²) in [5.74, 6) is 3.35. The van der Waals surface area contributed by atoms with Crippen molar-refractivity contribution in [2.24, 2.45) is 0 Å². The number of piperidine rings is 1. The Morgan fingerprint density at radius 2 is 1.96 bits per heavy atom. The number of benzene rings is 1. The van der Waals surface area contributed by atoms with E-state index in [2.05, 4.69) is 55.2 Å². The van der Waals surface area contributed by atoms with E-state index in [1.165, 1.54) is 5.56 Å². The van der Waals surface area contributed by atoms with Crippen molar-refractivity contribution in [1.29, 1.82) is 0 Å². The number of aryl methyl sites for hydroxylation is 2. The van der Waals surface area contributed by atoms with Crippen LogP contribution in [0.25, 0.3) is 11.3 Å². The normalized spacial score (nSPS) is 17.7. The summed E-state index contributed by atoms with van der Waals surface area (Å²) < 4.78 is 0. The van der Waals surface area contributed by atoms with Gasteiger partial charge in [-0.1, -0.05) is 30.3 Å². The van der Waals surface area contributed by atoms with Crippen LogP contribution in [0, 0.1) is 13.8 Å². The van der Waals surface area contributed by atoms with Gasteiger partial charge in [-0.2, -0.15) is 0 Å². The Labute approximate surface area is 148 Å². The lowest BCUT2D eigenvalue weighted by atomic mass is 9.97. The average molecular weight is 333 g/mol. The van der Waals surface area contributed by atoms with E-state index in [1.807, 2.05) is 26.1 Å². The highest BCUT2D eigenvalue weighted by molar-refractivity contribution is 5.58. The minimum Gasteiger partial charge on any atom is -0.356 e. The van der Waals surface area contributed by atoms with Crippen molar-refractivity contribution in [3.05, 3.63) is 59.9 Å². The number of imidazole rings is 1. The largest absolute Gasteiger partial charge is 0.356 e. The second-order valence-electron chi connectivity index (χ2n) is 6.75. The molecule has 1 aliphatic heterocycles. The molecule has 1 aromatic carbocycles. The predicted molar refractivity (Wildman–Crippen MR) is 99.7 cm³/mol. The number of H-pyrrole nitrogens is 1. The molecule has 3 aromatic rings. The molecule has 0 saturated carbocycles. The molecule has 0 bridgehead atoms. The zero-order chi connectivity index (χ0) is 17.2. The molecule has 0 aliphatic carbocycles. The van der Waals surface area contributed by atoms with Crippen molar-refractivity contribution in [1.82, 2.24) is 19.9 Å². The molecule has 0 spiro atoms. The quantitative estimate of drug-likeness (QED) is 0.790. The van der Waals surface area contributed by atoms with Gasteiger partial charge in [0, 0.05) is 30.8 Å². The molecule has 1 N–H and O–H groups in total. The molecule has 25 heavy (non-hydrogen) atoms. The Balaban J connectivity index is 1.54. The minimum absolute atomic E-state index is 0.404.